The second-order valence-electron chi connectivity index (χ2n) is 6.74. The maximum atomic E-state index is 12.6. The quantitative estimate of drug-likeness (QED) is 0.771. The van der Waals surface area contributed by atoms with Crippen LogP contribution in [0.1, 0.15) is 22.8 Å². The topological polar surface area (TPSA) is 59.1 Å². The van der Waals surface area contributed by atoms with Crippen LogP contribution in [0.15, 0.2) is 48.5 Å². The highest BCUT2D eigenvalue weighted by Gasteiger charge is 2.25. The molecule has 28 heavy (non-hydrogen) atoms. The monoisotopic (exact) mass is 382 g/mol. The fourth-order valence-corrected chi connectivity index (χ4v) is 3.15. The lowest BCUT2D eigenvalue weighted by Gasteiger charge is -2.34. The van der Waals surface area contributed by atoms with Gasteiger partial charge in [0.15, 0.2) is 6.61 Å². The van der Waals surface area contributed by atoms with E-state index in [1.807, 2.05) is 50.2 Å². The molecule has 0 radical (unpaired) electrons. The number of hydrogen-bond donors (Lipinski definition) is 0. The van der Waals surface area contributed by atoms with Crippen molar-refractivity contribution in [2.75, 3.05) is 39.4 Å². The molecule has 1 saturated heterocycles. The van der Waals surface area contributed by atoms with Gasteiger partial charge in [-0.1, -0.05) is 17.7 Å². The van der Waals surface area contributed by atoms with Gasteiger partial charge in [0.25, 0.3) is 11.8 Å². The molecule has 0 bridgehead atoms. The molecule has 6 nitrogen and oxygen atoms in total. The number of benzene rings is 2. The number of ether oxygens (including phenoxy) is 2. The smallest absolute Gasteiger partial charge is 0.260 e. The van der Waals surface area contributed by atoms with Crippen molar-refractivity contribution >= 4 is 11.8 Å². The lowest BCUT2D eigenvalue weighted by Crippen LogP contribution is -2.51. The van der Waals surface area contributed by atoms with Crippen molar-refractivity contribution in [2.45, 2.75) is 13.8 Å². The molecular formula is C22H26N2O4. The number of rotatable bonds is 6. The molecule has 0 saturated carbocycles. The fourth-order valence-electron chi connectivity index (χ4n) is 3.15. The van der Waals surface area contributed by atoms with Gasteiger partial charge in [0.2, 0.25) is 0 Å². The van der Waals surface area contributed by atoms with Crippen molar-refractivity contribution in [3.63, 3.8) is 0 Å². The average Bonchev–Trinajstić information content (AvgIpc) is 2.73. The first-order chi connectivity index (χ1) is 13.6. The highest BCUT2D eigenvalue weighted by atomic mass is 16.5. The highest BCUT2D eigenvalue weighted by Crippen LogP contribution is 2.18. The van der Waals surface area contributed by atoms with Crippen LogP contribution in [-0.4, -0.2) is 61.0 Å². The Kier molecular flexibility index (Phi) is 6.53. The lowest BCUT2D eigenvalue weighted by molar-refractivity contribution is -0.134. The summed E-state index contributed by atoms with van der Waals surface area (Å²) in [6, 6.07) is 14.8. The van der Waals surface area contributed by atoms with Crippen molar-refractivity contribution in [1.29, 1.82) is 0 Å². The average molecular weight is 382 g/mol. The van der Waals surface area contributed by atoms with E-state index in [0.29, 0.717) is 44.1 Å². The molecule has 0 spiro atoms. The summed E-state index contributed by atoms with van der Waals surface area (Å²) in [7, 11) is 0. The van der Waals surface area contributed by atoms with Gasteiger partial charge in [0, 0.05) is 31.7 Å². The van der Waals surface area contributed by atoms with Crippen LogP contribution in [0.4, 0.5) is 0 Å². The molecule has 0 aliphatic carbocycles. The van der Waals surface area contributed by atoms with Gasteiger partial charge in [-0.3, -0.25) is 9.59 Å². The molecule has 2 aromatic carbocycles. The summed E-state index contributed by atoms with van der Waals surface area (Å²) in [5, 5.41) is 0. The van der Waals surface area contributed by atoms with Gasteiger partial charge in [-0.15, -0.1) is 0 Å². The first-order valence-electron chi connectivity index (χ1n) is 9.56. The van der Waals surface area contributed by atoms with Crippen LogP contribution in [0.2, 0.25) is 0 Å². The second kappa shape index (κ2) is 9.26. The molecule has 1 aliphatic heterocycles. The molecule has 2 amide bonds. The SMILES string of the molecule is CCOc1ccc(OCC(=O)N2CCN(C(=O)c3cccc(C)c3)CC2)cc1. The molecule has 148 valence electrons. The van der Waals surface area contributed by atoms with E-state index in [1.54, 1.807) is 21.9 Å². The Morgan fingerprint density at radius 2 is 1.50 bits per heavy atom. The van der Waals surface area contributed by atoms with Crippen LogP contribution in [0.5, 0.6) is 11.5 Å². The molecule has 2 aromatic rings. The Morgan fingerprint density at radius 1 is 0.893 bits per heavy atom. The molecule has 1 aliphatic rings. The van der Waals surface area contributed by atoms with Gasteiger partial charge in [0.1, 0.15) is 11.5 Å². The number of carbonyl (C=O) groups is 2. The standard InChI is InChI=1S/C22H26N2O4/c1-3-27-19-7-9-20(10-8-19)28-16-21(25)23-11-13-24(14-12-23)22(26)18-6-4-5-17(2)15-18/h4-10,15H,3,11-14,16H2,1-2H3. The molecule has 0 aromatic heterocycles. The minimum Gasteiger partial charge on any atom is -0.494 e. The normalized spacial score (nSPS) is 13.9. The zero-order chi connectivity index (χ0) is 19.9. The minimum absolute atomic E-state index is 0.0141. The third-order valence-corrected chi connectivity index (χ3v) is 4.68. The number of amides is 2. The van der Waals surface area contributed by atoms with Gasteiger partial charge in [-0.2, -0.15) is 0 Å². The van der Waals surface area contributed by atoms with Gasteiger partial charge in [-0.25, -0.2) is 0 Å². The summed E-state index contributed by atoms with van der Waals surface area (Å²) in [4.78, 5) is 28.5. The van der Waals surface area contributed by atoms with E-state index in [4.69, 9.17) is 9.47 Å². The van der Waals surface area contributed by atoms with Crippen molar-refractivity contribution in [3.05, 3.63) is 59.7 Å². The first-order valence-corrected chi connectivity index (χ1v) is 9.56. The molecule has 0 N–H and O–H groups in total. The summed E-state index contributed by atoms with van der Waals surface area (Å²) in [6.07, 6.45) is 0. The van der Waals surface area contributed by atoms with Gasteiger partial charge in [0.05, 0.1) is 6.61 Å². The van der Waals surface area contributed by atoms with E-state index < -0.39 is 0 Å². The predicted octanol–water partition coefficient (Wildman–Crippen LogP) is 2.76. The number of nitrogens with zero attached hydrogens (tertiary/aromatic N) is 2. The van der Waals surface area contributed by atoms with E-state index in [-0.39, 0.29) is 18.4 Å². The molecule has 3 rings (SSSR count). The van der Waals surface area contributed by atoms with Crippen LogP contribution in [0.3, 0.4) is 0 Å². The van der Waals surface area contributed by atoms with E-state index in [0.717, 1.165) is 11.3 Å². The fraction of sp³-hybridized carbons (Fsp3) is 0.364. The molecule has 0 unspecified atom stereocenters. The van der Waals surface area contributed by atoms with E-state index in [9.17, 15) is 9.59 Å². The summed E-state index contributed by atoms with van der Waals surface area (Å²) in [5.74, 6) is 1.35. The van der Waals surface area contributed by atoms with Gasteiger partial charge in [-0.05, 0) is 50.2 Å². The predicted molar refractivity (Wildman–Crippen MR) is 107 cm³/mol. The largest absolute Gasteiger partial charge is 0.494 e. The van der Waals surface area contributed by atoms with Crippen LogP contribution in [0.25, 0.3) is 0 Å². The summed E-state index contributed by atoms with van der Waals surface area (Å²) >= 11 is 0. The zero-order valence-electron chi connectivity index (χ0n) is 16.4. The number of hydrogen-bond acceptors (Lipinski definition) is 4. The van der Waals surface area contributed by atoms with Crippen molar-refractivity contribution in [3.8, 4) is 11.5 Å². The number of aryl methyl sites for hydroxylation is 1. The van der Waals surface area contributed by atoms with E-state index >= 15 is 0 Å². The second-order valence-corrected chi connectivity index (χ2v) is 6.74. The Morgan fingerprint density at radius 3 is 2.11 bits per heavy atom. The Bertz CT molecular complexity index is 812. The Balaban J connectivity index is 1.46. The summed E-state index contributed by atoms with van der Waals surface area (Å²) < 4.78 is 11.0. The Labute approximate surface area is 165 Å². The van der Waals surface area contributed by atoms with Gasteiger partial charge < -0.3 is 19.3 Å². The minimum atomic E-state index is -0.0726. The summed E-state index contributed by atoms with van der Waals surface area (Å²) in [6.45, 7) is 6.58. The van der Waals surface area contributed by atoms with Crippen molar-refractivity contribution in [2.24, 2.45) is 0 Å². The third kappa shape index (κ3) is 5.03. The van der Waals surface area contributed by atoms with E-state index in [2.05, 4.69) is 0 Å². The lowest BCUT2D eigenvalue weighted by atomic mass is 10.1. The maximum Gasteiger partial charge on any atom is 0.260 e. The van der Waals surface area contributed by atoms with E-state index in [1.165, 1.54) is 0 Å². The zero-order valence-corrected chi connectivity index (χ0v) is 16.4. The van der Waals surface area contributed by atoms with Crippen molar-refractivity contribution in [1.82, 2.24) is 9.80 Å². The highest BCUT2D eigenvalue weighted by molar-refractivity contribution is 5.94. The maximum absolute atomic E-state index is 12.6. The van der Waals surface area contributed by atoms with Crippen molar-refractivity contribution < 1.29 is 19.1 Å². The van der Waals surface area contributed by atoms with Gasteiger partial charge >= 0.3 is 0 Å². The molecule has 1 fully saturated rings. The van der Waals surface area contributed by atoms with Crippen LogP contribution >= 0.6 is 0 Å². The molecular weight excluding hydrogens is 356 g/mol. The third-order valence-electron chi connectivity index (χ3n) is 4.68. The summed E-state index contributed by atoms with van der Waals surface area (Å²) in [5.41, 5.74) is 1.75. The first kappa shape index (κ1) is 19.7. The van der Waals surface area contributed by atoms with Crippen LogP contribution < -0.4 is 9.47 Å². The molecule has 6 heteroatoms. The number of carbonyl (C=O) groups excluding carboxylic acids is 2. The van der Waals surface area contributed by atoms with Crippen LogP contribution in [0, 0.1) is 6.92 Å². The Hall–Kier alpha value is -3.02. The molecule has 1 heterocycles. The van der Waals surface area contributed by atoms with Crippen LogP contribution in [-0.2, 0) is 4.79 Å². The molecule has 0 atom stereocenters. The number of piperazine rings is 1.